The summed E-state index contributed by atoms with van der Waals surface area (Å²) >= 11 is 11.5. The van der Waals surface area contributed by atoms with Crippen LogP contribution in [0.1, 0.15) is 51.3 Å². The van der Waals surface area contributed by atoms with Crippen molar-refractivity contribution in [3.05, 3.63) is 68.3 Å². The Morgan fingerprint density at radius 2 is 1.97 bits per heavy atom. The van der Waals surface area contributed by atoms with Crippen LogP contribution in [0.25, 0.3) is 0 Å². The molecule has 1 aromatic heterocycles. The Labute approximate surface area is 240 Å². The molecule has 0 fully saturated rings. The number of nitrogens with zero attached hydrogens (tertiary/aromatic N) is 3. The predicted molar refractivity (Wildman–Crippen MR) is 153 cm³/mol. The second-order valence-corrected chi connectivity index (χ2v) is 10.6. The van der Waals surface area contributed by atoms with Gasteiger partial charge in [0.2, 0.25) is 11.1 Å². The van der Waals surface area contributed by atoms with E-state index >= 15 is 0 Å². The van der Waals surface area contributed by atoms with Crippen molar-refractivity contribution in [3.8, 4) is 11.5 Å². The first-order valence-corrected chi connectivity index (χ1v) is 14.6. The Bertz CT molecular complexity index is 1350. The molecule has 0 saturated carbocycles. The Balaban J connectivity index is 1.77. The first-order chi connectivity index (χ1) is 18.4. The van der Waals surface area contributed by atoms with Gasteiger partial charge in [0.25, 0.3) is 0 Å². The zero-order valence-electron chi connectivity index (χ0n) is 21.7. The molecule has 1 aliphatic heterocycles. The molecular formula is C27H30BrClN4O4S. The lowest BCUT2D eigenvalue weighted by atomic mass is 9.95. The summed E-state index contributed by atoms with van der Waals surface area (Å²) in [5, 5.41) is 9.28. The maximum absolute atomic E-state index is 13.2. The third-order valence-corrected chi connectivity index (χ3v) is 7.59. The average molecular weight is 622 g/mol. The van der Waals surface area contributed by atoms with Crippen molar-refractivity contribution < 1.29 is 19.0 Å². The Kier molecular flexibility index (Phi) is 9.62. The highest BCUT2D eigenvalue weighted by atomic mass is 79.9. The second-order valence-electron chi connectivity index (χ2n) is 8.44. The number of carbonyl (C=O) groups excluding carboxylic acids is 1. The molecule has 2 heterocycles. The van der Waals surface area contributed by atoms with E-state index in [9.17, 15) is 4.79 Å². The van der Waals surface area contributed by atoms with Crippen LogP contribution in [0.4, 0.5) is 5.95 Å². The predicted octanol–water partition coefficient (Wildman–Crippen LogP) is 7.03. The number of rotatable bonds is 11. The number of carbonyl (C=O) groups is 1. The van der Waals surface area contributed by atoms with Crippen LogP contribution in [0.3, 0.4) is 0 Å². The molecule has 1 unspecified atom stereocenters. The fourth-order valence-electron chi connectivity index (χ4n) is 4.08. The number of halogens is 2. The van der Waals surface area contributed by atoms with Gasteiger partial charge in [-0.25, -0.2) is 9.48 Å². The topological polar surface area (TPSA) is 87.5 Å². The Morgan fingerprint density at radius 1 is 1.18 bits per heavy atom. The summed E-state index contributed by atoms with van der Waals surface area (Å²) < 4.78 is 19.8. The molecule has 3 aromatic rings. The van der Waals surface area contributed by atoms with Crippen LogP contribution < -0.4 is 14.8 Å². The monoisotopic (exact) mass is 620 g/mol. The van der Waals surface area contributed by atoms with Gasteiger partial charge in [-0.1, -0.05) is 48.5 Å². The number of thioether (sulfide) groups is 1. The molecule has 1 aliphatic rings. The van der Waals surface area contributed by atoms with E-state index in [0.29, 0.717) is 57.9 Å². The molecule has 0 bridgehead atoms. The fourth-order valence-corrected chi connectivity index (χ4v) is 5.77. The van der Waals surface area contributed by atoms with E-state index in [0.717, 1.165) is 22.0 Å². The van der Waals surface area contributed by atoms with E-state index in [1.54, 1.807) is 11.6 Å². The molecule has 38 heavy (non-hydrogen) atoms. The van der Waals surface area contributed by atoms with Gasteiger partial charge in [-0.05, 0) is 72.4 Å². The van der Waals surface area contributed by atoms with Gasteiger partial charge >= 0.3 is 5.97 Å². The summed E-state index contributed by atoms with van der Waals surface area (Å²) in [6, 6.07) is 10.9. The molecule has 1 N–H and O–H groups in total. The molecule has 0 saturated heterocycles. The standard InChI is InChI=1S/C27H30BrClN4O4S/c1-5-12-37-24-19(28)13-18(14-21(24)35-6-2)23-22(25(34)36-7-3)16(4)30-26-31-27(32-33(23)26)38-15-17-10-8-9-11-20(17)29/h8-11,13-14,23H,5-7,12,15H2,1-4H3,(H,30,31,32). The lowest BCUT2D eigenvalue weighted by Crippen LogP contribution is -2.29. The number of hydrogen-bond donors (Lipinski definition) is 1. The molecule has 8 nitrogen and oxygen atoms in total. The van der Waals surface area contributed by atoms with Crippen molar-refractivity contribution in [3.63, 3.8) is 0 Å². The average Bonchev–Trinajstić information content (AvgIpc) is 3.29. The number of anilines is 1. The van der Waals surface area contributed by atoms with E-state index in [4.69, 9.17) is 35.9 Å². The van der Waals surface area contributed by atoms with E-state index < -0.39 is 12.0 Å². The van der Waals surface area contributed by atoms with E-state index in [1.165, 1.54) is 11.8 Å². The fraction of sp³-hybridized carbons (Fsp3) is 0.370. The third-order valence-electron chi connectivity index (χ3n) is 5.74. The number of allylic oxidation sites excluding steroid dienone is 1. The number of hydrogen-bond acceptors (Lipinski definition) is 8. The van der Waals surface area contributed by atoms with Gasteiger partial charge in [0.15, 0.2) is 11.5 Å². The van der Waals surface area contributed by atoms with Gasteiger partial charge in [0, 0.05) is 16.5 Å². The zero-order chi connectivity index (χ0) is 27.2. The van der Waals surface area contributed by atoms with Crippen molar-refractivity contribution >= 4 is 51.2 Å². The lowest BCUT2D eigenvalue weighted by molar-refractivity contribution is -0.139. The first kappa shape index (κ1) is 28.3. The highest BCUT2D eigenvalue weighted by molar-refractivity contribution is 9.10. The second kappa shape index (κ2) is 12.9. The highest BCUT2D eigenvalue weighted by Crippen LogP contribution is 2.43. The van der Waals surface area contributed by atoms with Crippen LogP contribution >= 0.6 is 39.3 Å². The van der Waals surface area contributed by atoms with Crippen molar-refractivity contribution in [1.29, 1.82) is 0 Å². The van der Waals surface area contributed by atoms with E-state index in [1.807, 2.05) is 57.2 Å². The molecule has 0 radical (unpaired) electrons. The van der Waals surface area contributed by atoms with Gasteiger partial charge < -0.3 is 19.5 Å². The van der Waals surface area contributed by atoms with Crippen molar-refractivity contribution in [2.45, 2.75) is 51.1 Å². The number of fused-ring (bicyclic) bond motifs is 1. The molecule has 1 atom stereocenters. The van der Waals surface area contributed by atoms with Crippen LogP contribution in [-0.4, -0.2) is 40.6 Å². The number of benzene rings is 2. The Morgan fingerprint density at radius 3 is 2.68 bits per heavy atom. The van der Waals surface area contributed by atoms with Crippen LogP contribution in [-0.2, 0) is 15.3 Å². The number of esters is 1. The van der Waals surface area contributed by atoms with Crippen LogP contribution in [0, 0.1) is 0 Å². The van der Waals surface area contributed by atoms with Crippen LogP contribution in [0.5, 0.6) is 11.5 Å². The highest BCUT2D eigenvalue weighted by Gasteiger charge is 2.36. The van der Waals surface area contributed by atoms with Gasteiger partial charge in [-0.3, -0.25) is 0 Å². The van der Waals surface area contributed by atoms with Crippen molar-refractivity contribution in [2.24, 2.45) is 0 Å². The molecule has 2 aromatic carbocycles. The largest absolute Gasteiger partial charge is 0.490 e. The number of aromatic nitrogens is 3. The molecule has 202 valence electrons. The van der Waals surface area contributed by atoms with Gasteiger partial charge in [-0.2, -0.15) is 4.98 Å². The maximum atomic E-state index is 13.2. The van der Waals surface area contributed by atoms with Crippen molar-refractivity contribution in [2.75, 3.05) is 25.1 Å². The quantitative estimate of drug-likeness (QED) is 0.180. The summed E-state index contributed by atoms with van der Waals surface area (Å²) in [4.78, 5) is 17.9. The van der Waals surface area contributed by atoms with E-state index in [-0.39, 0.29) is 6.61 Å². The molecule has 0 spiro atoms. The normalized spacial score (nSPS) is 14.6. The summed E-state index contributed by atoms with van der Waals surface area (Å²) in [5.41, 5.74) is 2.87. The first-order valence-electron chi connectivity index (χ1n) is 12.4. The number of ether oxygens (including phenoxy) is 3. The van der Waals surface area contributed by atoms with Crippen LogP contribution in [0.15, 0.2) is 57.3 Å². The molecule has 0 amide bonds. The van der Waals surface area contributed by atoms with E-state index in [2.05, 4.69) is 21.2 Å². The summed E-state index contributed by atoms with van der Waals surface area (Å²) in [7, 11) is 0. The van der Waals surface area contributed by atoms with Gasteiger partial charge in [-0.15, -0.1) is 5.10 Å². The molecule has 4 rings (SSSR count). The zero-order valence-corrected chi connectivity index (χ0v) is 24.9. The number of nitrogens with one attached hydrogen (secondary N) is 1. The summed E-state index contributed by atoms with van der Waals surface area (Å²) in [5.74, 6) is 1.92. The minimum atomic E-state index is -0.594. The van der Waals surface area contributed by atoms with Gasteiger partial charge in [0.1, 0.15) is 6.04 Å². The summed E-state index contributed by atoms with van der Waals surface area (Å²) in [6.07, 6.45) is 0.861. The maximum Gasteiger partial charge on any atom is 0.338 e. The Hall–Kier alpha value is -2.69. The molecule has 11 heteroatoms. The molecular weight excluding hydrogens is 592 g/mol. The van der Waals surface area contributed by atoms with Crippen molar-refractivity contribution in [1.82, 2.24) is 14.8 Å². The third kappa shape index (κ3) is 6.13. The minimum Gasteiger partial charge on any atom is -0.490 e. The minimum absolute atomic E-state index is 0.253. The molecule has 0 aliphatic carbocycles. The van der Waals surface area contributed by atoms with Crippen LogP contribution in [0.2, 0.25) is 5.02 Å². The smallest absolute Gasteiger partial charge is 0.338 e. The summed E-state index contributed by atoms with van der Waals surface area (Å²) in [6.45, 7) is 8.85. The lowest BCUT2D eigenvalue weighted by Gasteiger charge is -2.28. The SMILES string of the molecule is CCCOc1c(Br)cc(C2C(C(=O)OCC)=C(C)Nc3nc(SCc4ccccc4Cl)nn32)cc1OCC. The van der Waals surface area contributed by atoms with Gasteiger partial charge in [0.05, 0.1) is 29.9 Å².